The smallest absolute Gasteiger partial charge is 0.330 e. The minimum Gasteiger partial charge on any atom is -0.463 e. The third-order valence-corrected chi connectivity index (χ3v) is 0.961. The quantitative estimate of drug-likeness (QED) is 0.360. The minimum atomic E-state index is -0.397. The fourth-order valence-electron chi connectivity index (χ4n) is 0.516. The van der Waals surface area contributed by atoms with Gasteiger partial charge in [0.2, 0.25) is 0 Å². The maximum Gasteiger partial charge on any atom is 0.330 e. The molecule has 0 aliphatic rings. The summed E-state index contributed by atoms with van der Waals surface area (Å²) in [5, 5.41) is 0. The van der Waals surface area contributed by atoms with Crippen molar-refractivity contribution < 1.29 is 14.3 Å². The molecule has 0 radical (unpaired) electrons. The number of hydrogen-bond donors (Lipinski definition) is 0. The second-order valence-electron chi connectivity index (χ2n) is 2.08. The van der Waals surface area contributed by atoms with Gasteiger partial charge in [0.25, 0.3) is 0 Å². The Kier molecular flexibility index (Phi) is 5.61. The molecule has 0 aromatic rings. The van der Waals surface area contributed by atoms with E-state index in [0.717, 1.165) is 0 Å². The van der Waals surface area contributed by atoms with Crippen molar-refractivity contribution in [1.29, 1.82) is 0 Å². The molecular weight excluding hydrogens is 156 g/mol. The first kappa shape index (κ1) is 10.6. The average molecular weight is 168 g/mol. The molecular formula is C9H12O3. The van der Waals surface area contributed by atoms with E-state index in [4.69, 9.17) is 0 Å². The van der Waals surface area contributed by atoms with E-state index in [0.29, 0.717) is 6.61 Å². The highest BCUT2D eigenvalue weighted by Gasteiger charge is 1.89. The number of esters is 1. The maximum absolute atomic E-state index is 10.7. The number of rotatable bonds is 4. The molecule has 0 rings (SSSR count). The molecule has 0 unspecified atom stereocenters. The molecule has 0 N–H and O–H groups in total. The maximum atomic E-state index is 10.7. The van der Waals surface area contributed by atoms with E-state index in [1.165, 1.54) is 31.2 Å². The largest absolute Gasteiger partial charge is 0.463 e. The van der Waals surface area contributed by atoms with Crippen molar-refractivity contribution >= 4 is 11.8 Å². The molecule has 0 aliphatic carbocycles. The Morgan fingerprint density at radius 3 is 2.33 bits per heavy atom. The lowest BCUT2D eigenvalue weighted by atomic mass is 10.3. The van der Waals surface area contributed by atoms with Crippen LogP contribution in [0, 0.1) is 0 Å². The summed E-state index contributed by atoms with van der Waals surface area (Å²) in [6.45, 7) is 3.53. The molecule has 12 heavy (non-hydrogen) atoms. The third kappa shape index (κ3) is 6.74. The van der Waals surface area contributed by atoms with Crippen LogP contribution in [-0.4, -0.2) is 18.4 Å². The lowest BCUT2D eigenvalue weighted by Crippen LogP contribution is -1.98. The molecule has 0 heterocycles. The van der Waals surface area contributed by atoms with Crippen molar-refractivity contribution in [3.05, 3.63) is 24.3 Å². The normalized spacial score (nSPS) is 10.8. The summed E-state index contributed by atoms with van der Waals surface area (Å²) in [5.74, 6) is -0.450. The van der Waals surface area contributed by atoms with Gasteiger partial charge >= 0.3 is 5.97 Å². The molecule has 0 amide bonds. The SMILES string of the molecule is CCOC(=O)/C=C\C=C/C(C)=O. The number of carbonyl (C=O) groups is 2. The molecule has 0 atom stereocenters. The van der Waals surface area contributed by atoms with E-state index in [1.807, 2.05) is 0 Å². The van der Waals surface area contributed by atoms with E-state index in [9.17, 15) is 9.59 Å². The zero-order chi connectivity index (χ0) is 9.40. The summed E-state index contributed by atoms with van der Waals surface area (Å²) in [7, 11) is 0. The molecule has 0 aromatic carbocycles. The summed E-state index contributed by atoms with van der Waals surface area (Å²) in [6.07, 6.45) is 5.61. The van der Waals surface area contributed by atoms with Gasteiger partial charge in [-0.15, -0.1) is 0 Å². The second-order valence-corrected chi connectivity index (χ2v) is 2.08. The summed E-state index contributed by atoms with van der Waals surface area (Å²) in [6, 6.07) is 0. The summed E-state index contributed by atoms with van der Waals surface area (Å²) >= 11 is 0. The first-order chi connectivity index (χ1) is 5.66. The lowest BCUT2D eigenvalue weighted by Gasteiger charge is -1.92. The van der Waals surface area contributed by atoms with Gasteiger partial charge in [-0.3, -0.25) is 4.79 Å². The van der Waals surface area contributed by atoms with Crippen molar-refractivity contribution in [2.45, 2.75) is 13.8 Å². The molecule has 3 heteroatoms. The van der Waals surface area contributed by atoms with Crippen LogP contribution in [-0.2, 0) is 14.3 Å². The summed E-state index contributed by atoms with van der Waals surface area (Å²) in [4.78, 5) is 21.0. The molecule has 3 nitrogen and oxygen atoms in total. The van der Waals surface area contributed by atoms with E-state index in [1.54, 1.807) is 6.92 Å². The number of allylic oxidation sites excluding steroid dienone is 3. The van der Waals surface area contributed by atoms with Crippen molar-refractivity contribution in [2.75, 3.05) is 6.61 Å². The molecule has 0 spiro atoms. The number of hydrogen-bond acceptors (Lipinski definition) is 3. The zero-order valence-electron chi connectivity index (χ0n) is 7.24. The lowest BCUT2D eigenvalue weighted by molar-refractivity contribution is -0.137. The summed E-state index contributed by atoms with van der Waals surface area (Å²) in [5.41, 5.74) is 0. The van der Waals surface area contributed by atoms with Gasteiger partial charge in [0.15, 0.2) is 5.78 Å². The Bertz CT molecular complexity index is 214. The molecule has 0 saturated carbocycles. The van der Waals surface area contributed by atoms with Crippen LogP contribution in [0.15, 0.2) is 24.3 Å². The number of ketones is 1. The Balaban J connectivity index is 3.75. The standard InChI is InChI=1S/C9H12O3/c1-3-12-9(11)7-5-4-6-8(2)10/h4-7H,3H2,1-2H3/b6-4-,7-5-. The predicted octanol–water partition coefficient (Wildman–Crippen LogP) is 1.25. The molecule has 0 saturated heterocycles. The predicted molar refractivity (Wildman–Crippen MR) is 45.6 cm³/mol. The number of ether oxygens (including phenoxy) is 1. The third-order valence-electron chi connectivity index (χ3n) is 0.961. The van der Waals surface area contributed by atoms with Crippen molar-refractivity contribution in [2.24, 2.45) is 0 Å². The highest BCUT2D eigenvalue weighted by atomic mass is 16.5. The topological polar surface area (TPSA) is 43.4 Å². The number of carbonyl (C=O) groups excluding carboxylic acids is 2. The van der Waals surface area contributed by atoms with Crippen molar-refractivity contribution in [1.82, 2.24) is 0 Å². The van der Waals surface area contributed by atoms with E-state index < -0.39 is 5.97 Å². The van der Waals surface area contributed by atoms with Gasteiger partial charge in [0.1, 0.15) is 0 Å². The minimum absolute atomic E-state index is 0.0523. The fraction of sp³-hybridized carbons (Fsp3) is 0.333. The van der Waals surface area contributed by atoms with Crippen LogP contribution < -0.4 is 0 Å². The first-order valence-electron chi connectivity index (χ1n) is 3.69. The van der Waals surface area contributed by atoms with Crippen LogP contribution in [0.4, 0.5) is 0 Å². The van der Waals surface area contributed by atoms with Gasteiger partial charge in [0.05, 0.1) is 6.61 Å². The monoisotopic (exact) mass is 168 g/mol. The molecule has 0 bridgehead atoms. The highest BCUT2D eigenvalue weighted by molar-refractivity contribution is 5.88. The van der Waals surface area contributed by atoms with E-state index >= 15 is 0 Å². The van der Waals surface area contributed by atoms with E-state index in [2.05, 4.69) is 4.74 Å². The fourth-order valence-corrected chi connectivity index (χ4v) is 0.516. The molecule has 0 aromatic heterocycles. The molecule has 0 fully saturated rings. The van der Waals surface area contributed by atoms with E-state index in [-0.39, 0.29) is 5.78 Å². The van der Waals surface area contributed by atoms with Gasteiger partial charge in [-0.25, -0.2) is 4.79 Å². The zero-order valence-corrected chi connectivity index (χ0v) is 7.24. The summed E-state index contributed by atoms with van der Waals surface area (Å²) < 4.78 is 4.60. The Hall–Kier alpha value is -1.38. The van der Waals surface area contributed by atoms with Crippen molar-refractivity contribution in [3.8, 4) is 0 Å². The Labute approximate surface area is 71.7 Å². The Morgan fingerprint density at radius 1 is 1.25 bits per heavy atom. The highest BCUT2D eigenvalue weighted by Crippen LogP contribution is 1.83. The van der Waals surface area contributed by atoms with Crippen LogP contribution in [0.25, 0.3) is 0 Å². The van der Waals surface area contributed by atoms with Crippen LogP contribution in [0.2, 0.25) is 0 Å². The first-order valence-corrected chi connectivity index (χ1v) is 3.69. The van der Waals surface area contributed by atoms with Gasteiger partial charge in [-0.05, 0) is 19.9 Å². The van der Waals surface area contributed by atoms with Crippen LogP contribution in [0.1, 0.15) is 13.8 Å². The van der Waals surface area contributed by atoms with Gasteiger partial charge in [0, 0.05) is 6.08 Å². The van der Waals surface area contributed by atoms with Crippen molar-refractivity contribution in [3.63, 3.8) is 0 Å². The average Bonchev–Trinajstić information content (AvgIpc) is 1.98. The van der Waals surface area contributed by atoms with Crippen LogP contribution >= 0.6 is 0 Å². The molecule has 0 aliphatic heterocycles. The Morgan fingerprint density at radius 2 is 1.83 bits per heavy atom. The van der Waals surface area contributed by atoms with Crippen LogP contribution in [0.3, 0.4) is 0 Å². The van der Waals surface area contributed by atoms with Gasteiger partial charge in [-0.1, -0.05) is 12.2 Å². The van der Waals surface area contributed by atoms with Gasteiger partial charge in [-0.2, -0.15) is 0 Å². The molecule has 66 valence electrons. The van der Waals surface area contributed by atoms with Gasteiger partial charge < -0.3 is 4.74 Å². The van der Waals surface area contributed by atoms with Crippen LogP contribution in [0.5, 0.6) is 0 Å². The second kappa shape index (κ2) is 6.34.